The Bertz CT molecular complexity index is 1620. The third-order valence-electron chi connectivity index (χ3n) is 8.16. The van der Waals surface area contributed by atoms with Gasteiger partial charge in [0.05, 0.1) is 12.2 Å². The summed E-state index contributed by atoms with van der Waals surface area (Å²) in [5, 5.41) is 18.3. The molecule has 1 aliphatic heterocycles. The SMILES string of the molecule is CC(C)c1ccc(NC(=O)N2CCNCC2)cc1.Cc1nccn1CC(C)(O)C1=Cc2cccnc2Cc2ccc(Cl)cc21. The molecular weight excluding hydrogens is 572 g/mol. The number of piperazine rings is 1. The minimum absolute atomic E-state index is 0.00574. The van der Waals surface area contributed by atoms with Crippen LogP contribution >= 0.6 is 11.6 Å². The zero-order valence-electron chi connectivity index (χ0n) is 25.8. The molecule has 9 heteroatoms. The molecule has 1 saturated heterocycles. The average molecular weight is 613 g/mol. The van der Waals surface area contributed by atoms with E-state index in [4.69, 9.17) is 11.6 Å². The predicted molar refractivity (Wildman–Crippen MR) is 178 cm³/mol. The lowest BCUT2D eigenvalue weighted by molar-refractivity contribution is 0.102. The number of imidazole rings is 1. The molecule has 4 aromatic rings. The molecule has 1 atom stereocenters. The van der Waals surface area contributed by atoms with Gasteiger partial charge in [0.2, 0.25) is 0 Å². The van der Waals surface area contributed by atoms with E-state index in [9.17, 15) is 9.90 Å². The van der Waals surface area contributed by atoms with Gasteiger partial charge in [-0.15, -0.1) is 0 Å². The van der Waals surface area contributed by atoms with Crippen molar-refractivity contribution in [3.05, 3.63) is 112 Å². The van der Waals surface area contributed by atoms with Crippen molar-refractivity contribution in [1.29, 1.82) is 0 Å². The number of aliphatic hydroxyl groups is 1. The van der Waals surface area contributed by atoms with Crippen LogP contribution in [0.1, 0.15) is 60.5 Å². The van der Waals surface area contributed by atoms with Gasteiger partial charge in [0, 0.05) is 61.9 Å². The van der Waals surface area contributed by atoms with Crippen LogP contribution in [0.2, 0.25) is 5.02 Å². The lowest BCUT2D eigenvalue weighted by Gasteiger charge is -2.29. The molecule has 3 heterocycles. The highest BCUT2D eigenvalue weighted by Crippen LogP contribution is 2.38. The Morgan fingerprint density at radius 2 is 1.84 bits per heavy atom. The largest absolute Gasteiger partial charge is 0.384 e. The number of fused-ring (bicyclic) bond motifs is 2. The second-order valence-electron chi connectivity index (χ2n) is 11.9. The van der Waals surface area contributed by atoms with Crippen molar-refractivity contribution in [2.24, 2.45) is 0 Å². The van der Waals surface area contributed by atoms with E-state index in [1.807, 2.05) is 78.1 Å². The first kappa shape index (κ1) is 31.4. The first-order valence-corrected chi connectivity index (χ1v) is 15.5. The summed E-state index contributed by atoms with van der Waals surface area (Å²) in [5.41, 5.74) is 6.01. The van der Waals surface area contributed by atoms with Crippen molar-refractivity contribution in [3.8, 4) is 0 Å². The van der Waals surface area contributed by atoms with Gasteiger partial charge in [-0.05, 0) is 84.0 Å². The molecule has 2 aromatic carbocycles. The van der Waals surface area contributed by atoms with E-state index in [0.717, 1.165) is 65.6 Å². The first-order valence-electron chi connectivity index (χ1n) is 15.1. The number of carbonyl (C=O) groups is 1. The Morgan fingerprint density at radius 1 is 1.09 bits per heavy atom. The Labute approximate surface area is 264 Å². The van der Waals surface area contributed by atoms with Crippen molar-refractivity contribution in [2.45, 2.75) is 52.2 Å². The number of hydrogen-bond acceptors (Lipinski definition) is 5. The zero-order valence-corrected chi connectivity index (χ0v) is 26.6. The number of amides is 2. The van der Waals surface area contributed by atoms with Crippen molar-refractivity contribution in [1.82, 2.24) is 24.8 Å². The van der Waals surface area contributed by atoms with Crippen LogP contribution in [0.25, 0.3) is 11.6 Å². The van der Waals surface area contributed by atoms with Crippen LogP contribution in [-0.4, -0.2) is 62.4 Å². The molecule has 8 nitrogen and oxygen atoms in total. The van der Waals surface area contributed by atoms with E-state index < -0.39 is 5.60 Å². The number of nitrogens with one attached hydrogen (secondary N) is 2. The lowest BCUT2D eigenvalue weighted by atomic mass is 9.86. The normalized spacial score (nSPS) is 15.6. The Morgan fingerprint density at radius 3 is 2.52 bits per heavy atom. The number of carbonyl (C=O) groups excluding carboxylic acids is 1. The number of urea groups is 1. The topological polar surface area (TPSA) is 95.3 Å². The van der Waals surface area contributed by atoms with Gasteiger partial charge < -0.3 is 25.2 Å². The lowest BCUT2D eigenvalue weighted by Crippen LogP contribution is -2.48. The summed E-state index contributed by atoms with van der Waals surface area (Å²) >= 11 is 6.28. The van der Waals surface area contributed by atoms with Gasteiger partial charge >= 0.3 is 6.03 Å². The second kappa shape index (κ2) is 13.8. The van der Waals surface area contributed by atoms with Crippen molar-refractivity contribution < 1.29 is 9.90 Å². The monoisotopic (exact) mass is 612 g/mol. The number of anilines is 1. The minimum Gasteiger partial charge on any atom is -0.384 e. The summed E-state index contributed by atoms with van der Waals surface area (Å²) in [5.74, 6) is 1.39. The molecule has 2 aromatic heterocycles. The zero-order chi connectivity index (χ0) is 31.3. The summed E-state index contributed by atoms with van der Waals surface area (Å²) in [6.45, 7) is 11.8. The molecule has 1 fully saturated rings. The van der Waals surface area contributed by atoms with Crippen molar-refractivity contribution >= 4 is 35.0 Å². The Balaban J connectivity index is 0.000000187. The molecule has 6 rings (SSSR count). The maximum Gasteiger partial charge on any atom is 0.321 e. The fraction of sp³-hybridized carbons (Fsp3) is 0.343. The number of hydrogen-bond donors (Lipinski definition) is 3. The van der Waals surface area contributed by atoms with E-state index in [0.29, 0.717) is 23.9 Å². The van der Waals surface area contributed by atoms with E-state index >= 15 is 0 Å². The highest BCUT2D eigenvalue weighted by atomic mass is 35.5. The number of rotatable bonds is 5. The minimum atomic E-state index is -1.09. The van der Waals surface area contributed by atoms with Crippen LogP contribution < -0.4 is 10.6 Å². The van der Waals surface area contributed by atoms with Gasteiger partial charge in [-0.2, -0.15) is 0 Å². The standard InChI is InChI=1S/C21H20ClN3O.C14H21N3O/c1-14-23-8-9-25(14)13-21(2,26)19-10-16-4-3-7-24-20(16)11-15-5-6-17(22)12-18(15)19;1-11(2)12-3-5-13(6-4-12)16-14(18)17-9-7-15-8-10-17/h3-10,12,26H,11,13H2,1-2H3;3-6,11,15H,7-10H2,1-2H3,(H,16,18). The number of pyridine rings is 1. The van der Waals surface area contributed by atoms with Crippen LogP contribution in [0.5, 0.6) is 0 Å². The van der Waals surface area contributed by atoms with Gasteiger partial charge in [-0.3, -0.25) is 4.98 Å². The molecule has 230 valence electrons. The molecule has 0 bridgehead atoms. The maximum atomic E-state index is 12.0. The molecule has 2 aliphatic rings. The van der Waals surface area contributed by atoms with E-state index in [1.165, 1.54) is 5.56 Å². The molecule has 2 amide bonds. The fourth-order valence-corrected chi connectivity index (χ4v) is 5.72. The van der Waals surface area contributed by atoms with Crippen LogP contribution in [0.3, 0.4) is 0 Å². The summed E-state index contributed by atoms with van der Waals surface area (Å²) in [6, 6.07) is 17.9. The van der Waals surface area contributed by atoms with Gasteiger partial charge in [0.1, 0.15) is 11.4 Å². The van der Waals surface area contributed by atoms with Gasteiger partial charge in [-0.25, -0.2) is 9.78 Å². The fourth-order valence-electron chi connectivity index (χ4n) is 5.55. The molecule has 1 aliphatic carbocycles. The van der Waals surface area contributed by atoms with Crippen LogP contribution in [0.4, 0.5) is 10.5 Å². The van der Waals surface area contributed by atoms with Crippen LogP contribution in [-0.2, 0) is 13.0 Å². The molecule has 44 heavy (non-hydrogen) atoms. The van der Waals surface area contributed by atoms with E-state index in [-0.39, 0.29) is 6.03 Å². The Kier molecular flexibility index (Phi) is 9.84. The average Bonchev–Trinajstić information content (AvgIpc) is 3.32. The molecule has 0 radical (unpaired) electrons. The van der Waals surface area contributed by atoms with Crippen molar-refractivity contribution in [3.63, 3.8) is 0 Å². The molecule has 0 spiro atoms. The third-order valence-corrected chi connectivity index (χ3v) is 8.40. The summed E-state index contributed by atoms with van der Waals surface area (Å²) < 4.78 is 1.96. The number of benzene rings is 2. The van der Waals surface area contributed by atoms with E-state index in [2.05, 4.69) is 46.6 Å². The highest BCUT2D eigenvalue weighted by Gasteiger charge is 2.31. The number of nitrogens with zero attached hydrogens (tertiary/aromatic N) is 4. The van der Waals surface area contributed by atoms with Crippen molar-refractivity contribution in [2.75, 3.05) is 31.5 Å². The molecule has 3 N–H and O–H groups in total. The summed E-state index contributed by atoms with van der Waals surface area (Å²) in [7, 11) is 0. The maximum absolute atomic E-state index is 12.0. The van der Waals surface area contributed by atoms with E-state index in [1.54, 1.807) is 12.4 Å². The van der Waals surface area contributed by atoms with Gasteiger partial charge in [-0.1, -0.05) is 49.7 Å². The molecule has 1 unspecified atom stereocenters. The quantitative estimate of drug-likeness (QED) is 0.243. The first-order chi connectivity index (χ1) is 21.1. The molecular formula is C35H41ClN6O2. The summed E-state index contributed by atoms with van der Waals surface area (Å²) in [6.07, 6.45) is 8.19. The second-order valence-corrected chi connectivity index (χ2v) is 12.3. The summed E-state index contributed by atoms with van der Waals surface area (Å²) in [4.78, 5) is 22.6. The highest BCUT2D eigenvalue weighted by molar-refractivity contribution is 6.30. The Hall–Kier alpha value is -3.98. The van der Waals surface area contributed by atoms with Crippen LogP contribution in [0, 0.1) is 6.92 Å². The predicted octanol–water partition coefficient (Wildman–Crippen LogP) is 6.38. The molecule has 0 saturated carbocycles. The smallest absolute Gasteiger partial charge is 0.321 e. The van der Waals surface area contributed by atoms with Gasteiger partial charge in [0.15, 0.2) is 0 Å². The number of aromatic nitrogens is 3. The van der Waals surface area contributed by atoms with Gasteiger partial charge in [0.25, 0.3) is 0 Å². The number of aryl methyl sites for hydroxylation is 1. The third kappa shape index (κ3) is 7.56. The number of halogens is 1. The van der Waals surface area contributed by atoms with Crippen LogP contribution in [0.15, 0.2) is 73.2 Å².